The molecule has 1 heterocycles. The summed E-state index contributed by atoms with van der Waals surface area (Å²) in [4.78, 5) is 6.87. The van der Waals surface area contributed by atoms with Crippen LogP contribution in [0.25, 0.3) is 0 Å². The molecule has 3 rings (SSSR count). The molecule has 3 heteroatoms. The Balaban J connectivity index is 1.93. The van der Waals surface area contributed by atoms with Crippen LogP contribution in [0.5, 0.6) is 0 Å². The van der Waals surface area contributed by atoms with Crippen LogP contribution in [0.4, 0.5) is 5.69 Å². The van der Waals surface area contributed by atoms with Crippen molar-refractivity contribution in [1.29, 1.82) is 0 Å². The quantitative estimate of drug-likeness (QED) is 0.745. The van der Waals surface area contributed by atoms with Crippen molar-refractivity contribution in [2.45, 2.75) is 26.6 Å². The Labute approximate surface area is 143 Å². The number of nitrogens with two attached hydrogens (primary N) is 1. The first-order chi connectivity index (χ1) is 11.7. The number of hydrogen-bond donors (Lipinski definition) is 1. The third kappa shape index (κ3) is 4.21. The monoisotopic (exact) mass is 317 g/mol. The zero-order valence-corrected chi connectivity index (χ0v) is 14.0. The highest BCUT2D eigenvalue weighted by Crippen LogP contribution is 2.22. The van der Waals surface area contributed by atoms with Crippen molar-refractivity contribution in [2.24, 2.45) is 5.73 Å². The predicted molar refractivity (Wildman–Crippen MR) is 99.6 cm³/mol. The van der Waals surface area contributed by atoms with Gasteiger partial charge < -0.3 is 10.6 Å². The van der Waals surface area contributed by atoms with Gasteiger partial charge in [-0.1, -0.05) is 60.7 Å². The van der Waals surface area contributed by atoms with Crippen LogP contribution in [0.2, 0.25) is 0 Å². The topological polar surface area (TPSA) is 42.1 Å². The Kier molecular flexibility index (Phi) is 5.24. The molecule has 2 N–H and O–H groups in total. The molecule has 3 aromatic rings. The van der Waals surface area contributed by atoms with Crippen LogP contribution in [-0.2, 0) is 19.6 Å². The zero-order valence-electron chi connectivity index (χ0n) is 14.0. The van der Waals surface area contributed by atoms with Crippen LogP contribution < -0.4 is 10.6 Å². The van der Waals surface area contributed by atoms with Crippen molar-refractivity contribution < 1.29 is 0 Å². The third-order valence-electron chi connectivity index (χ3n) is 4.00. The minimum atomic E-state index is 0.458. The minimum Gasteiger partial charge on any atom is -0.363 e. The van der Waals surface area contributed by atoms with Crippen LogP contribution in [0.3, 0.4) is 0 Å². The summed E-state index contributed by atoms with van der Waals surface area (Å²) < 4.78 is 0. The van der Waals surface area contributed by atoms with E-state index in [0.717, 1.165) is 30.2 Å². The SMILES string of the molecule is Cc1cc(N(Cc2ccccc2)Cc2ccccc2)cc(CN)n1. The first-order valence-corrected chi connectivity index (χ1v) is 8.25. The highest BCUT2D eigenvalue weighted by molar-refractivity contribution is 5.49. The molecule has 122 valence electrons. The summed E-state index contributed by atoms with van der Waals surface area (Å²) >= 11 is 0. The van der Waals surface area contributed by atoms with Crippen molar-refractivity contribution in [3.05, 3.63) is 95.3 Å². The highest BCUT2D eigenvalue weighted by atomic mass is 15.1. The van der Waals surface area contributed by atoms with Gasteiger partial charge in [-0.05, 0) is 30.2 Å². The van der Waals surface area contributed by atoms with E-state index >= 15 is 0 Å². The van der Waals surface area contributed by atoms with Crippen LogP contribution in [0.15, 0.2) is 72.8 Å². The van der Waals surface area contributed by atoms with Crippen molar-refractivity contribution in [2.75, 3.05) is 4.90 Å². The number of benzene rings is 2. The van der Waals surface area contributed by atoms with Crippen LogP contribution >= 0.6 is 0 Å². The third-order valence-corrected chi connectivity index (χ3v) is 4.00. The summed E-state index contributed by atoms with van der Waals surface area (Å²) in [6.07, 6.45) is 0. The van der Waals surface area contributed by atoms with E-state index < -0.39 is 0 Å². The second-order valence-corrected chi connectivity index (χ2v) is 5.99. The van der Waals surface area contributed by atoms with E-state index in [2.05, 4.69) is 70.5 Å². The lowest BCUT2D eigenvalue weighted by Crippen LogP contribution is -2.22. The van der Waals surface area contributed by atoms with Crippen LogP contribution in [-0.4, -0.2) is 4.98 Å². The summed E-state index contributed by atoms with van der Waals surface area (Å²) in [6.45, 7) is 4.18. The Morgan fingerprint density at radius 2 is 1.38 bits per heavy atom. The molecule has 0 aliphatic carbocycles. The fraction of sp³-hybridized carbons (Fsp3) is 0.190. The molecular weight excluding hydrogens is 294 g/mol. The average Bonchev–Trinajstić information content (AvgIpc) is 2.62. The Morgan fingerprint density at radius 1 is 0.833 bits per heavy atom. The van der Waals surface area contributed by atoms with Gasteiger partial charge in [-0.2, -0.15) is 0 Å². The predicted octanol–water partition coefficient (Wildman–Crippen LogP) is 4.06. The molecule has 0 atom stereocenters. The van der Waals surface area contributed by atoms with Crippen molar-refractivity contribution in [3.63, 3.8) is 0 Å². The molecule has 0 aliphatic rings. The van der Waals surface area contributed by atoms with E-state index in [1.165, 1.54) is 11.1 Å². The van der Waals surface area contributed by atoms with Gasteiger partial charge >= 0.3 is 0 Å². The van der Waals surface area contributed by atoms with Crippen molar-refractivity contribution in [1.82, 2.24) is 4.98 Å². The molecule has 24 heavy (non-hydrogen) atoms. The maximum Gasteiger partial charge on any atom is 0.0563 e. The van der Waals surface area contributed by atoms with E-state index in [1.807, 2.05) is 19.1 Å². The highest BCUT2D eigenvalue weighted by Gasteiger charge is 2.10. The van der Waals surface area contributed by atoms with Gasteiger partial charge in [-0.25, -0.2) is 0 Å². The number of anilines is 1. The molecule has 0 bridgehead atoms. The van der Waals surface area contributed by atoms with Crippen LogP contribution in [0, 0.1) is 6.92 Å². The molecule has 0 saturated heterocycles. The summed E-state index contributed by atoms with van der Waals surface area (Å²) in [7, 11) is 0. The van der Waals surface area contributed by atoms with Gasteiger partial charge in [0.05, 0.1) is 5.69 Å². The number of nitrogens with zero attached hydrogens (tertiary/aromatic N) is 2. The molecule has 0 radical (unpaired) electrons. The first-order valence-electron chi connectivity index (χ1n) is 8.25. The maximum absolute atomic E-state index is 5.81. The molecule has 0 saturated carbocycles. The average molecular weight is 317 g/mol. The molecule has 1 aromatic heterocycles. The number of hydrogen-bond acceptors (Lipinski definition) is 3. The number of rotatable bonds is 6. The van der Waals surface area contributed by atoms with Gasteiger partial charge in [0.1, 0.15) is 0 Å². The zero-order chi connectivity index (χ0) is 16.8. The van der Waals surface area contributed by atoms with Gasteiger partial charge in [0.25, 0.3) is 0 Å². The Morgan fingerprint density at radius 3 is 1.88 bits per heavy atom. The molecular formula is C21H23N3. The van der Waals surface area contributed by atoms with Crippen molar-refractivity contribution >= 4 is 5.69 Å². The van der Waals surface area contributed by atoms with Gasteiger partial charge in [0.2, 0.25) is 0 Å². The lowest BCUT2D eigenvalue weighted by atomic mass is 10.1. The molecule has 3 nitrogen and oxygen atoms in total. The first kappa shape index (κ1) is 16.2. The standard InChI is InChI=1S/C21H23N3/c1-17-12-21(13-20(14-22)23-17)24(15-18-8-4-2-5-9-18)16-19-10-6-3-7-11-19/h2-13H,14-16,22H2,1H3. The van der Waals surface area contributed by atoms with Gasteiger partial charge in [0.15, 0.2) is 0 Å². The molecule has 0 aliphatic heterocycles. The number of aromatic nitrogens is 1. The lowest BCUT2D eigenvalue weighted by Gasteiger charge is -2.26. The minimum absolute atomic E-state index is 0.458. The van der Waals surface area contributed by atoms with Crippen LogP contribution in [0.1, 0.15) is 22.5 Å². The van der Waals surface area contributed by atoms with E-state index in [9.17, 15) is 0 Å². The Bertz CT molecular complexity index is 728. The van der Waals surface area contributed by atoms with E-state index in [4.69, 9.17) is 5.73 Å². The second-order valence-electron chi connectivity index (χ2n) is 5.99. The molecule has 0 amide bonds. The summed E-state index contributed by atoms with van der Waals surface area (Å²) in [5, 5.41) is 0. The normalized spacial score (nSPS) is 10.6. The van der Waals surface area contributed by atoms with Gasteiger partial charge in [0, 0.05) is 31.0 Å². The number of aryl methyl sites for hydroxylation is 1. The molecule has 0 spiro atoms. The smallest absolute Gasteiger partial charge is 0.0563 e. The molecule has 0 unspecified atom stereocenters. The summed E-state index contributed by atoms with van der Waals surface area (Å²) in [5.41, 5.74) is 11.5. The largest absolute Gasteiger partial charge is 0.363 e. The van der Waals surface area contributed by atoms with E-state index in [0.29, 0.717) is 6.54 Å². The fourth-order valence-corrected chi connectivity index (χ4v) is 2.85. The maximum atomic E-state index is 5.81. The fourth-order valence-electron chi connectivity index (χ4n) is 2.85. The molecule has 2 aromatic carbocycles. The second kappa shape index (κ2) is 7.75. The van der Waals surface area contributed by atoms with Crippen molar-refractivity contribution in [3.8, 4) is 0 Å². The van der Waals surface area contributed by atoms with E-state index in [1.54, 1.807) is 0 Å². The van der Waals surface area contributed by atoms with Gasteiger partial charge in [-0.3, -0.25) is 4.98 Å². The number of pyridine rings is 1. The summed E-state index contributed by atoms with van der Waals surface area (Å²) in [5.74, 6) is 0. The Hall–Kier alpha value is -2.65. The lowest BCUT2D eigenvalue weighted by molar-refractivity contribution is 0.794. The summed E-state index contributed by atoms with van der Waals surface area (Å²) in [6, 6.07) is 25.3. The molecule has 0 fully saturated rings. The van der Waals surface area contributed by atoms with Gasteiger partial charge in [-0.15, -0.1) is 0 Å². The van der Waals surface area contributed by atoms with E-state index in [-0.39, 0.29) is 0 Å².